The van der Waals surface area contributed by atoms with Crippen LogP contribution in [0.5, 0.6) is 0 Å². The van der Waals surface area contributed by atoms with Crippen molar-refractivity contribution in [3.63, 3.8) is 0 Å². The molecule has 12 heteroatoms. The molecule has 5 nitrogen and oxygen atoms in total. The highest BCUT2D eigenvalue weighted by Gasteiger charge is 2.40. The second-order valence-electron chi connectivity index (χ2n) is 8.32. The smallest absolute Gasteiger partial charge is 0.267 e. The van der Waals surface area contributed by atoms with Crippen LogP contribution in [-0.4, -0.2) is 33.1 Å². The van der Waals surface area contributed by atoms with E-state index in [-0.39, 0.29) is 43.7 Å². The number of benzene rings is 2. The first-order valence-corrected chi connectivity index (χ1v) is 12.0. The molecule has 1 N–H and O–H groups in total. The van der Waals surface area contributed by atoms with Crippen LogP contribution in [0.4, 0.5) is 23.5 Å². The Morgan fingerprint density at radius 2 is 1.65 bits per heavy atom. The highest BCUT2D eigenvalue weighted by atomic mass is 35.5. The van der Waals surface area contributed by atoms with Gasteiger partial charge in [0.05, 0.1) is 15.1 Å². The van der Waals surface area contributed by atoms with Gasteiger partial charge in [-0.1, -0.05) is 40.9 Å². The zero-order chi connectivity index (χ0) is 27.5. The number of nitrogens with one attached hydrogen (secondary N) is 1. The Bertz CT molecular complexity index is 1290. The van der Waals surface area contributed by atoms with Crippen molar-refractivity contribution in [1.82, 2.24) is 15.0 Å². The summed E-state index contributed by atoms with van der Waals surface area (Å²) in [6.07, 6.45) is -1.39. The summed E-state index contributed by atoms with van der Waals surface area (Å²) in [5.41, 5.74) is 2.91. The fraction of sp³-hybridized carbons (Fsp3) is 0.240. The van der Waals surface area contributed by atoms with Gasteiger partial charge in [0.1, 0.15) is 11.7 Å². The van der Waals surface area contributed by atoms with Crippen molar-refractivity contribution in [2.45, 2.75) is 38.9 Å². The molecule has 0 saturated carbocycles. The molecular weight excluding hydrogens is 555 g/mol. The van der Waals surface area contributed by atoms with Gasteiger partial charge in [-0.2, -0.15) is 13.2 Å². The number of anilines is 1. The number of amides is 1. The molecule has 3 rings (SSSR count). The number of alkyl halides is 3. The Hall–Kier alpha value is -2.88. The molecule has 196 valence electrons. The third kappa shape index (κ3) is 6.91. The van der Waals surface area contributed by atoms with Gasteiger partial charge in [0.15, 0.2) is 0 Å². The van der Waals surface area contributed by atoms with Gasteiger partial charge >= 0.3 is 6.18 Å². The summed E-state index contributed by atoms with van der Waals surface area (Å²) >= 11 is 17.6. The first-order chi connectivity index (χ1) is 17.3. The average Bonchev–Trinajstić information content (AvgIpc) is 2.83. The lowest BCUT2D eigenvalue weighted by atomic mass is 9.95. The molecule has 1 atom stereocenters. The second-order valence-corrected chi connectivity index (χ2v) is 9.51. The van der Waals surface area contributed by atoms with Gasteiger partial charge in [0.2, 0.25) is 5.95 Å². The minimum Gasteiger partial charge on any atom is -0.267 e. The van der Waals surface area contributed by atoms with Crippen molar-refractivity contribution in [1.29, 1.82) is 0 Å². The number of hydrogen-bond acceptors (Lipinski definition) is 4. The van der Waals surface area contributed by atoms with Crippen molar-refractivity contribution in [2.24, 2.45) is 0 Å². The zero-order valence-electron chi connectivity index (χ0n) is 19.7. The molecule has 0 fully saturated rings. The van der Waals surface area contributed by atoms with E-state index in [0.29, 0.717) is 11.6 Å². The van der Waals surface area contributed by atoms with E-state index in [1.165, 1.54) is 35.6 Å². The maximum absolute atomic E-state index is 15.1. The number of allylic oxidation sites excluding steroid dienone is 1. The van der Waals surface area contributed by atoms with Crippen molar-refractivity contribution < 1.29 is 22.4 Å². The lowest BCUT2D eigenvalue weighted by Gasteiger charge is -2.27. The number of aromatic nitrogens is 2. The van der Waals surface area contributed by atoms with Crippen LogP contribution in [-0.2, 0) is 0 Å². The van der Waals surface area contributed by atoms with Crippen LogP contribution in [0.1, 0.15) is 46.8 Å². The minimum absolute atomic E-state index is 0.0999. The molecule has 1 aromatic heterocycles. The van der Waals surface area contributed by atoms with Gasteiger partial charge in [-0.3, -0.25) is 10.2 Å². The molecule has 0 aliphatic rings. The van der Waals surface area contributed by atoms with Crippen LogP contribution in [0.25, 0.3) is 5.83 Å². The summed E-state index contributed by atoms with van der Waals surface area (Å²) in [4.78, 5) is 21.3. The molecule has 0 spiro atoms. The maximum Gasteiger partial charge on any atom is 0.399 e. The monoisotopic (exact) mass is 574 g/mol. The lowest BCUT2D eigenvalue weighted by molar-refractivity contribution is -0.139. The quantitative estimate of drug-likeness (QED) is 0.175. The number of rotatable bonds is 7. The Morgan fingerprint density at radius 3 is 2.16 bits per heavy atom. The van der Waals surface area contributed by atoms with E-state index < -0.39 is 23.8 Å². The predicted molar refractivity (Wildman–Crippen MR) is 137 cm³/mol. The number of hydrazine groups is 1. The third-order valence-electron chi connectivity index (χ3n) is 5.28. The Morgan fingerprint density at radius 1 is 1.05 bits per heavy atom. The SMILES string of the molecule is Cc1cc(/C(F)=C/C(c2cc(Cl)c(Cl)c(Cl)c2)C(F)(F)F)ccc1C(=O)N(Nc1ncccn1)C(C)C. The number of halogens is 7. The average molecular weight is 576 g/mol. The normalized spacial score (nSPS) is 13.0. The van der Waals surface area contributed by atoms with E-state index >= 15 is 4.39 Å². The summed E-state index contributed by atoms with van der Waals surface area (Å²) in [5, 5.41) is 0.833. The third-order valence-corrected chi connectivity index (χ3v) is 6.48. The number of hydrogen-bond donors (Lipinski definition) is 1. The number of carbonyl (C=O) groups is 1. The van der Waals surface area contributed by atoms with Crippen molar-refractivity contribution in [3.05, 3.63) is 92.2 Å². The van der Waals surface area contributed by atoms with Gasteiger partial charge in [0.25, 0.3) is 5.91 Å². The Balaban J connectivity index is 1.93. The molecule has 3 aromatic rings. The van der Waals surface area contributed by atoms with E-state index in [2.05, 4.69) is 15.4 Å². The Labute approximate surface area is 226 Å². The van der Waals surface area contributed by atoms with Gasteiger partial charge in [0, 0.05) is 29.6 Å². The second kappa shape index (κ2) is 11.7. The van der Waals surface area contributed by atoms with Crippen LogP contribution in [0.3, 0.4) is 0 Å². The van der Waals surface area contributed by atoms with E-state index in [9.17, 15) is 18.0 Å². The zero-order valence-corrected chi connectivity index (χ0v) is 22.0. The molecule has 1 amide bonds. The molecular formula is C25H21Cl3F4N4O. The summed E-state index contributed by atoms with van der Waals surface area (Å²) in [7, 11) is 0. The van der Waals surface area contributed by atoms with Crippen molar-refractivity contribution in [3.8, 4) is 0 Å². The summed E-state index contributed by atoms with van der Waals surface area (Å²) < 4.78 is 56.6. The molecule has 37 heavy (non-hydrogen) atoms. The van der Waals surface area contributed by atoms with E-state index in [0.717, 1.165) is 12.1 Å². The largest absolute Gasteiger partial charge is 0.399 e. The molecule has 2 aromatic carbocycles. The standard InChI is InChI=1S/C25H21Cl3F4N4O/c1-13(2)36(35-24-33-7-4-8-34-24)23(37)17-6-5-15(9-14(17)3)21(29)12-18(25(30,31)32)16-10-19(26)22(28)20(27)11-16/h4-13,18H,1-3H3,(H,33,34,35)/b21-12-. The first-order valence-electron chi connectivity index (χ1n) is 10.9. The van der Waals surface area contributed by atoms with Crippen LogP contribution < -0.4 is 5.43 Å². The topological polar surface area (TPSA) is 58.1 Å². The van der Waals surface area contributed by atoms with Crippen LogP contribution in [0.15, 0.2) is 54.9 Å². The molecule has 0 saturated heterocycles. The van der Waals surface area contributed by atoms with Gasteiger partial charge in [-0.05, 0) is 68.3 Å². The van der Waals surface area contributed by atoms with E-state index in [1.54, 1.807) is 26.8 Å². The van der Waals surface area contributed by atoms with Crippen LogP contribution in [0.2, 0.25) is 15.1 Å². The minimum atomic E-state index is -4.84. The van der Waals surface area contributed by atoms with Gasteiger partial charge < -0.3 is 0 Å². The van der Waals surface area contributed by atoms with Gasteiger partial charge in [-0.15, -0.1) is 0 Å². The molecule has 1 heterocycles. The first kappa shape index (κ1) is 28.7. The highest BCUT2D eigenvalue weighted by Crippen LogP contribution is 2.42. The Kier molecular flexibility index (Phi) is 9.05. The molecule has 0 radical (unpaired) electrons. The molecule has 1 unspecified atom stereocenters. The van der Waals surface area contributed by atoms with Crippen LogP contribution in [0, 0.1) is 6.92 Å². The van der Waals surface area contributed by atoms with E-state index in [1.807, 2.05) is 0 Å². The number of nitrogens with zero attached hydrogens (tertiary/aromatic N) is 3. The number of carbonyl (C=O) groups excluding carboxylic acids is 1. The van der Waals surface area contributed by atoms with Crippen molar-refractivity contribution in [2.75, 3.05) is 5.43 Å². The maximum atomic E-state index is 15.1. The fourth-order valence-electron chi connectivity index (χ4n) is 3.44. The lowest BCUT2D eigenvalue weighted by Crippen LogP contribution is -2.42. The summed E-state index contributed by atoms with van der Waals surface area (Å²) in [5.74, 6) is -3.72. The molecule has 0 bridgehead atoms. The van der Waals surface area contributed by atoms with E-state index in [4.69, 9.17) is 34.8 Å². The molecule has 0 aliphatic heterocycles. The summed E-state index contributed by atoms with van der Waals surface area (Å²) in [6.45, 7) is 5.10. The van der Waals surface area contributed by atoms with Gasteiger partial charge in [-0.25, -0.2) is 19.4 Å². The van der Waals surface area contributed by atoms with Crippen molar-refractivity contribution >= 4 is 52.5 Å². The number of aryl methyl sites for hydroxylation is 1. The highest BCUT2D eigenvalue weighted by molar-refractivity contribution is 6.48. The van der Waals surface area contributed by atoms with Crippen LogP contribution >= 0.6 is 34.8 Å². The predicted octanol–water partition coefficient (Wildman–Crippen LogP) is 8.28. The fourth-order valence-corrected chi connectivity index (χ4v) is 4.05. The molecule has 0 aliphatic carbocycles. The summed E-state index contributed by atoms with van der Waals surface area (Å²) in [6, 6.07) is 7.19.